The van der Waals surface area contributed by atoms with Gasteiger partial charge in [0.15, 0.2) is 11.5 Å². The lowest BCUT2D eigenvalue weighted by molar-refractivity contribution is 0.174. The highest BCUT2D eigenvalue weighted by atomic mass is 31.2. The van der Waals surface area contributed by atoms with Crippen LogP contribution in [0.2, 0.25) is 0 Å². The maximum absolute atomic E-state index is 13.7. The molecular weight excluding hydrogens is 377 g/mol. The van der Waals surface area contributed by atoms with Crippen molar-refractivity contribution in [2.45, 2.75) is 12.3 Å². The molecule has 0 aliphatic carbocycles. The van der Waals surface area contributed by atoms with Crippen molar-refractivity contribution < 1.29 is 23.1 Å². The number of hydrogen-bond acceptors (Lipinski definition) is 6. The SMILES string of the molecule is C=CCOP(=O)(OCC=C)C(NCc1ccccc1)c1ccc2c(c1)OCO2. The molecule has 1 aliphatic rings. The van der Waals surface area contributed by atoms with Crippen LogP contribution in [-0.2, 0) is 20.2 Å². The molecule has 148 valence electrons. The number of benzene rings is 2. The summed E-state index contributed by atoms with van der Waals surface area (Å²) in [6.07, 6.45) is 3.08. The van der Waals surface area contributed by atoms with E-state index in [0.717, 1.165) is 11.1 Å². The topological polar surface area (TPSA) is 66.0 Å². The molecule has 0 amide bonds. The maximum atomic E-state index is 13.7. The molecular formula is C21H24NO5P. The third-order valence-corrected chi connectivity index (χ3v) is 6.25. The molecule has 1 unspecified atom stereocenters. The number of fused-ring (bicyclic) bond motifs is 1. The quantitative estimate of drug-likeness (QED) is 0.431. The van der Waals surface area contributed by atoms with Gasteiger partial charge in [-0.1, -0.05) is 48.6 Å². The van der Waals surface area contributed by atoms with Crippen molar-refractivity contribution in [2.75, 3.05) is 20.0 Å². The van der Waals surface area contributed by atoms with Crippen LogP contribution in [-0.4, -0.2) is 20.0 Å². The van der Waals surface area contributed by atoms with E-state index in [9.17, 15) is 4.57 Å². The normalized spacial score (nSPS) is 13.9. The summed E-state index contributed by atoms with van der Waals surface area (Å²) in [4.78, 5) is 0. The Balaban J connectivity index is 1.92. The summed E-state index contributed by atoms with van der Waals surface area (Å²) in [5.41, 5.74) is 1.77. The van der Waals surface area contributed by atoms with Crippen LogP contribution in [0.4, 0.5) is 0 Å². The Bertz CT molecular complexity index is 839. The van der Waals surface area contributed by atoms with Crippen molar-refractivity contribution in [1.29, 1.82) is 0 Å². The molecule has 1 aliphatic heterocycles. The summed E-state index contributed by atoms with van der Waals surface area (Å²) in [6, 6.07) is 15.3. The van der Waals surface area contributed by atoms with Crippen LogP contribution in [0.15, 0.2) is 73.8 Å². The summed E-state index contributed by atoms with van der Waals surface area (Å²) in [6.45, 7) is 8.13. The molecule has 2 aromatic carbocycles. The van der Waals surface area contributed by atoms with Gasteiger partial charge in [0.2, 0.25) is 6.79 Å². The molecule has 0 saturated heterocycles. The summed E-state index contributed by atoms with van der Waals surface area (Å²) < 4.78 is 35.8. The fourth-order valence-electron chi connectivity index (χ4n) is 2.81. The number of rotatable bonds is 11. The highest BCUT2D eigenvalue weighted by Gasteiger charge is 2.37. The number of hydrogen-bond donors (Lipinski definition) is 1. The van der Waals surface area contributed by atoms with Gasteiger partial charge >= 0.3 is 7.60 Å². The van der Waals surface area contributed by atoms with E-state index in [0.29, 0.717) is 18.0 Å². The van der Waals surface area contributed by atoms with E-state index < -0.39 is 13.4 Å². The van der Waals surface area contributed by atoms with E-state index in [4.69, 9.17) is 18.5 Å². The van der Waals surface area contributed by atoms with Crippen LogP contribution in [0.3, 0.4) is 0 Å². The first-order valence-corrected chi connectivity index (χ1v) is 10.5. The first-order valence-electron chi connectivity index (χ1n) is 8.94. The largest absolute Gasteiger partial charge is 0.454 e. The highest BCUT2D eigenvalue weighted by Crippen LogP contribution is 2.60. The van der Waals surface area contributed by atoms with Gasteiger partial charge < -0.3 is 18.5 Å². The van der Waals surface area contributed by atoms with E-state index in [1.807, 2.05) is 36.4 Å². The third-order valence-electron chi connectivity index (χ3n) is 4.12. The first kappa shape index (κ1) is 20.4. The zero-order chi connectivity index (χ0) is 19.8. The Labute approximate surface area is 165 Å². The minimum atomic E-state index is -3.60. The van der Waals surface area contributed by atoms with Crippen molar-refractivity contribution in [3.8, 4) is 11.5 Å². The Morgan fingerprint density at radius 2 is 1.71 bits per heavy atom. The predicted molar refractivity (Wildman–Crippen MR) is 108 cm³/mol. The van der Waals surface area contributed by atoms with Crippen LogP contribution in [0.5, 0.6) is 11.5 Å². The van der Waals surface area contributed by atoms with Gasteiger partial charge in [0, 0.05) is 6.54 Å². The molecule has 0 spiro atoms. The van der Waals surface area contributed by atoms with Gasteiger partial charge in [-0.3, -0.25) is 9.88 Å². The van der Waals surface area contributed by atoms with Crippen molar-refractivity contribution in [3.05, 3.63) is 85.0 Å². The smallest absolute Gasteiger partial charge is 0.352 e. The molecule has 1 heterocycles. The molecule has 0 saturated carbocycles. The Kier molecular flexibility index (Phi) is 7.06. The summed E-state index contributed by atoms with van der Waals surface area (Å²) in [7, 11) is -3.60. The van der Waals surface area contributed by atoms with Crippen molar-refractivity contribution in [2.24, 2.45) is 0 Å². The van der Waals surface area contributed by atoms with Crippen molar-refractivity contribution in [1.82, 2.24) is 5.32 Å². The third kappa shape index (κ3) is 4.91. The van der Waals surface area contributed by atoms with Gasteiger partial charge in [0.25, 0.3) is 0 Å². The van der Waals surface area contributed by atoms with Crippen molar-refractivity contribution in [3.63, 3.8) is 0 Å². The first-order chi connectivity index (χ1) is 13.7. The molecule has 28 heavy (non-hydrogen) atoms. The standard InChI is InChI=1S/C21H24NO5P/c1-3-12-26-28(23,27-13-4-2)21(22-15-17-8-6-5-7-9-17)18-10-11-19-20(14-18)25-16-24-19/h3-11,14,21-22H,1-2,12-13,15-16H2. The maximum Gasteiger partial charge on any atom is 0.352 e. The van der Waals surface area contributed by atoms with Crippen LogP contribution in [0, 0.1) is 0 Å². The second kappa shape index (κ2) is 9.71. The molecule has 7 heteroatoms. The fourth-order valence-corrected chi connectivity index (χ4v) is 4.65. The lowest BCUT2D eigenvalue weighted by atomic mass is 10.2. The second-order valence-corrected chi connectivity index (χ2v) is 8.20. The number of ether oxygens (including phenoxy) is 2. The van der Waals surface area contributed by atoms with Gasteiger partial charge in [-0.25, -0.2) is 0 Å². The van der Waals surface area contributed by atoms with Crippen LogP contribution in [0.25, 0.3) is 0 Å². The number of nitrogens with one attached hydrogen (secondary N) is 1. The van der Waals surface area contributed by atoms with E-state index in [2.05, 4.69) is 18.5 Å². The van der Waals surface area contributed by atoms with Crippen LogP contribution in [0.1, 0.15) is 16.9 Å². The molecule has 1 N–H and O–H groups in total. The van der Waals surface area contributed by atoms with Gasteiger partial charge in [-0.15, -0.1) is 13.2 Å². The summed E-state index contributed by atoms with van der Waals surface area (Å²) in [5.74, 6) is 0.546. The van der Waals surface area contributed by atoms with Gasteiger partial charge in [0.1, 0.15) is 5.78 Å². The van der Waals surface area contributed by atoms with E-state index in [1.165, 1.54) is 12.2 Å². The molecule has 0 fully saturated rings. The fraction of sp³-hybridized carbons (Fsp3) is 0.238. The summed E-state index contributed by atoms with van der Waals surface area (Å²) >= 11 is 0. The molecule has 0 aromatic heterocycles. The van der Waals surface area contributed by atoms with Gasteiger partial charge in [0.05, 0.1) is 13.2 Å². The minimum absolute atomic E-state index is 0.0997. The monoisotopic (exact) mass is 401 g/mol. The van der Waals surface area contributed by atoms with Crippen molar-refractivity contribution >= 4 is 7.60 Å². The Morgan fingerprint density at radius 1 is 1.04 bits per heavy atom. The van der Waals surface area contributed by atoms with E-state index in [1.54, 1.807) is 12.1 Å². The van der Waals surface area contributed by atoms with Crippen LogP contribution < -0.4 is 14.8 Å². The zero-order valence-electron chi connectivity index (χ0n) is 15.6. The minimum Gasteiger partial charge on any atom is -0.454 e. The predicted octanol–water partition coefficient (Wildman–Crippen LogP) is 4.80. The zero-order valence-corrected chi connectivity index (χ0v) is 16.5. The Morgan fingerprint density at radius 3 is 2.39 bits per heavy atom. The molecule has 0 radical (unpaired) electrons. The van der Waals surface area contributed by atoms with Gasteiger partial charge in [-0.05, 0) is 23.3 Å². The molecule has 3 rings (SSSR count). The average molecular weight is 401 g/mol. The molecule has 0 bridgehead atoms. The highest BCUT2D eigenvalue weighted by molar-refractivity contribution is 7.54. The lowest BCUT2D eigenvalue weighted by Gasteiger charge is -2.28. The summed E-state index contributed by atoms with van der Waals surface area (Å²) in [5, 5.41) is 3.32. The molecule has 6 nitrogen and oxygen atoms in total. The average Bonchev–Trinajstić information content (AvgIpc) is 3.20. The lowest BCUT2D eigenvalue weighted by Crippen LogP contribution is -2.23. The van der Waals surface area contributed by atoms with Crippen LogP contribution >= 0.6 is 7.60 Å². The second-order valence-electron chi connectivity index (χ2n) is 6.09. The van der Waals surface area contributed by atoms with E-state index in [-0.39, 0.29) is 20.0 Å². The molecule has 2 aromatic rings. The van der Waals surface area contributed by atoms with Gasteiger partial charge in [-0.2, -0.15) is 0 Å². The Hall–Kier alpha value is -2.37. The molecule has 1 atom stereocenters. The van der Waals surface area contributed by atoms with E-state index >= 15 is 0 Å².